The van der Waals surface area contributed by atoms with E-state index in [1.807, 2.05) is 0 Å². The summed E-state index contributed by atoms with van der Waals surface area (Å²) in [4.78, 5) is 40.8. The van der Waals surface area contributed by atoms with Gasteiger partial charge in [-0.15, -0.1) is 0 Å². The van der Waals surface area contributed by atoms with Crippen LogP contribution in [0.5, 0.6) is 0 Å². The molecule has 3 aliphatic rings. The average molecular weight is 377 g/mol. The van der Waals surface area contributed by atoms with E-state index in [0.29, 0.717) is 32.4 Å². The van der Waals surface area contributed by atoms with Crippen molar-refractivity contribution in [3.05, 3.63) is 35.4 Å². The second-order valence-electron chi connectivity index (χ2n) is 7.47. The molecule has 3 atom stereocenters. The number of nitrogens with one attached hydrogen (secondary N) is 1. The van der Waals surface area contributed by atoms with Crippen LogP contribution in [0.2, 0.25) is 0 Å². The molecule has 3 fully saturated rings. The van der Waals surface area contributed by atoms with Crippen molar-refractivity contribution >= 4 is 17.7 Å². The number of fused-ring (bicyclic) bond motifs is 2. The molecule has 0 aliphatic carbocycles. The molecule has 1 aromatic carbocycles. The van der Waals surface area contributed by atoms with Crippen molar-refractivity contribution in [1.29, 1.82) is 0 Å². The first-order chi connectivity index (χ1) is 12.9. The highest BCUT2D eigenvalue weighted by Gasteiger charge is 2.52. The molecule has 0 saturated carbocycles. The predicted molar refractivity (Wildman–Crippen MR) is 91.7 cm³/mol. The zero-order valence-corrected chi connectivity index (χ0v) is 14.8. The summed E-state index contributed by atoms with van der Waals surface area (Å²) in [7, 11) is 0. The van der Waals surface area contributed by atoms with Crippen molar-refractivity contribution in [3.8, 4) is 0 Å². The van der Waals surface area contributed by atoms with E-state index in [2.05, 4.69) is 5.32 Å². The highest BCUT2D eigenvalue weighted by atomic mass is 19.1. The normalized spacial score (nSPS) is 27.5. The molecule has 3 saturated heterocycles. The van der Waals surface area contributed by atoms with Gasteiger partial charge < -0.3 is 15.1 Å². The lowest BCUT2D eigenvalue weighted by molar-refractivity contribution is -0.139. The summed E-state index contributed by atoms with van der Waals surface area (Å²) in [6.45, 7) is 1.10. The van der Waals surface area contributed by atoms with Gasteiger partial charge in [0.15, 0.2) is 0 Å². The third-order valence-electron chi connectivity index (χ3n) is 5.77. The van der Waals surface area contributed by atoms with Crippen LogP contribution < -0.4 is 5.32 Å². The molecule has 0 radical (unpaired) electrons. The Morgan fingerprint density at radius 2 is 1.85 bits per heavy atom. The first-order valence-corrected chi connectivity index (χ1v) is 9.28. The average Bonchev–Trinajstić information content (AvgIpc) is 3.12. The van der Waals surface area contributed by atoms with Gasteiger partial charge in [-0.3, -0.25) is 14.4 Å². The van der Waals surface area contributed by atoms with Gasteiger partial charge in [0, 0.05) is 36.8 Å². The van der Waals surface area contributed by atoms with E-state index in [9.17, 15) is 23.2 Å². The Morgan fingerprint density at radius 3 is 2.59 bits per heavy atom. The van der Waals surface area contributed by atoms with E-state index in [1.165, 1.54) is 0 Å². The van der Waals surface area contributed by atoms with E-state index in [0.717, 1.165) is 24.6 Å². The van der Waals surface area contributed by atoms with Gasteiger partial charge in [-0.1, -0.05) is 0 Å². The lowest BCUT2D eigenvalue weighted by Gasteiger charge is -2.28. The largest absolute Gasteiger partial charge is 0.354 e. The van der Waals surface area contributed by atoms with Gasteiger partial charge in [0.2, 0.25) is 11.8 Å². The molecule has 6 nitrogen and oxygen atoms in total. The van der Waals surface area contributed by atoms with Gasteiger partial charge in [-0.25, -0.2) is 8.78 Å². The Balaban J connectivity index is 1.53. The minimum atomic E-state index is -0.798. The Bertz CT molecular complexity index is 780. The van der Waals surface area contributed by atoms with Crippen LogP contribution in [0, 0.1) is 17.6 Å². The van der Waals surface area contributed by atoms with Gasteiger partial charge in [0.05, 0.1) is 12.5 Å². The number of rotatable bonds is 2. The summed E-state index contributed by atoms with van der Waals surface area (Å²) in [5.74, 6) is -2.68. The Kier molecular flexibility index (Phi) is 4.57. The molecule has 1 aromatic rings. The van der Waals surface area contributed by atoms with Crippen LogP contribution in [0.3, 0.4) is 0 Å². The molecule has 0 aromatic heterocycles. The predicted octanol–water partition coefficient (Wildman–Crippen LogP) is 1.31. The summed E-state index contributed by atoms with van der Waals surface area (Å²) in [6.07, 6.45) is 2.69. The van der Waals surface area contributed by atoms with Crippen LogP contribution >= 0.6 is 0 Å². The molecule has 1 N–H and O–H groups in total. The fraction of sp³-hybridized carbons (Fsp3) is 0.526. The van der Waals surface area contributed by atoms with Crippen molar-refractivity contribution in [2.24, 2.45) is 5.92 Å². The molecule has 27 heavy (non-hydrogen) atoms. The van der Waals surface area contributed by atoms with Crippen molar-refractivity contribution in [2.45, 2.75) is 37.8 Å². The monoisotopic (exact) mass is 377 g/mol. The summed E-state index contributed by atoms with van der Waals surface area (Å²) >= 11 is 0. The van der Waals surface area contributed by atoms with Crippen molar-refractivity contribution in [3.63, 3.8) is 0 Å². The number of carbonyl (C=O) groups is 3. The minimum Gasteiger partial charge on any atom is -0.354 e. The third kappa shape index (κ3) is 3.28. The molecule has 4 rings (SSSR count). The quantitative estimate of drug-likeness (QED) is 0.845. The highest BCUT2D eigenvalue weighted by molar-refractivity contribution is 5.96. The molecule has 2 bridgehead atoms. The number of hydrogen-bond acceptors (Lipinski definition) is 3. The van der Waals surface area contributed by atoms with Gasteiger partial charge in [-0.05, 0) is 37.8 Å². The van der Waals surface area contributed by atoms with Gasteiger partial charge in [0.25, 0.3) is 5.91 Å². The summed E-state index contributed by atoms with van der Waals surface area (Å²) in [5.41, 5.74) is -0.0355. The highest BCUT2D eigenvalue weighted by Crippen LogP contribution is 2.43. The summed E-state index contributed by atoms with van der Waals surface area (Å²) in [6, 6.07) is 2.39. The maximum Gasteiger partial charge on any atom is 0.254 e. The van der Waals surface area contributed by atoms with Crippen LogP contribution in [0.1, 0.15) is 36.0 Å². The molecule has 3 aliphatic heterocycles. The molecule has 144 valence electrons. The summed E-state index contributed by atoms with van der Waals surface area (Å²) in [5, 5.41) is 2.74. The van der Waals surface area contributed by atoms with E-state index < -0.39 is 17.5 Å². The minimum absolute atomic E-state index is 0.0355. The molecule has 3 heterocycles. The van der Waals surface area contributed by atoms with E-state index in [-0.39, 0.29) is 41.9 Å². The van der Waals surface area contributed by atoms with E-state index >= 15 is 0 Å². The molecule has 3 amide bonds. The smallest absolute Gasteiger partial charge is 0.254 e. The second kappa shape index (κ2) is 6.90. The zero-order valence-electron chi connectivity index (χ0n) is 14.8. The van der Waals surface area contributed by atoms with E-state index in [1.54, 1.807) is 9.80 Å². The number of hydrogen-bond donors (Lipinski definition) is 1. The first kappa shape index (κ1) is 17.9. The molecular weight excluding hydrogens is 356 g/mol. The number of amides is 3. The number of halogens is 2. The molecule has 0 spiro atoms. The fourth-order valence-corrected chi connectivity index (χ4v) is 4.63. The van der Waals surface area contributed by atoms with Crippen molar-refractivity contribution in [2.75, 3.05) is 19.6 Å². The standard InChI is InChI=1S/C19H21F2N3O3/c20-12-6-11(7-13(21)8-12)18(26)24-14-2-3-16(24)15(9-14)19(27)23-5-1-4-22-17(25)10-23/h6-8,14-16H,1-5,9-10H2,(H,22,25)/t14-,15-,16-/m1/s1. The van der Waals surface area contributed by atoms with Crippen LogP contribution in [0.15, 0.2) is 18.2 Å². The maximum atomic E-state index is 13.5. The topological polar surface area (TPSA) is 69.7 Å². The lowest BCUT2D eigenvalue weighted by Crippen LogP contribution is -2.45. The van der Waals surface area contributed by atoms with Crippen LogP contribution in [-0.2, 0) is 9.59 Å². The number of carbonyl (C=O) groups excluding carboxylic acids is 3. The molecular formula is C19H21F2N3O3. The zero-order chi connectivity index (χ0) is 19.1. The SMILES string of the molecule is O=C1CN(C(=O)[C@@H]2C[C@H]3CC[C@H]2N3C(=O)c2cc(F)cc(F)c2)CCCN1. The van der Waals surface area contributed by atoms with Crippen molar-refractivity contribution in [1.82, 2.24) is 15.1 Å². The Labute approximate surface area is 155 Å². The van der Waals surface area contributed by atoms with E-state index in [4.69, 9.17) is 0 Å². The van der Waals surface area contributed by atoms with Gasteiger partial charge >= 0.3 is 0 Å². The number of nitrogens with zero attached hydrogens (tertiary/aromatic N) is 2. The fourth-order valence-electron chi connectivity index (χ4n) is 4.63. The second-order valence-corrected chi connectivity index (χ2v) is 7.47. The van der Waals surface area contributed by atoms with Gasteiger partial charge in [-0.2, -0.15) is 0 Å². The molecule has 8 heteroatoms. The van der Waals surface area contributed by atoms with Gasteiger partial charge in [0.1, 0.15) is 11.6 Å². The molecule has 0 unspecified atom stereocenters. The van der Waals surface area contributed by atoms with Crippen LogP contribution in [0.25, 0.3) is 0 Å². The maximum absolute atomic E-state index is 13.5. The third-order valence-corrected chi connectivity index (χ3v) is 5.77. The first-order valence-electron chi connectivity index (χ1n) is 9.28. The number of benzene rings is 1. The van der Waals surface area contributed by atoms with Crippen LogP contribution in [0.4, 0.5) is 8.78 Å². The Morgan fingerprint density at radius 1 is 1.11 bits per heavy atom. The Hall–Kier alpha value is -2.51. The van der Waals surface area contributed by atoms with Crippen molar-refractivity contribution < 1.29 is 23.2 Å². The summed E-state index contributed by atoms with van der Waals surface area (Å²) < 4.78 is 27.0. The lowest BCUT2D eigenvalue weighted by atomic mass is 9.88. The van der Waals surface area contributed by atoms with Crippen LogP contribution in [-0.4, -0.2) is 59.2 Å².